The minimum Gasteiger partial charge on any atom is -0.506 e. The number of nitrogens with zero attached hydrogens (tertiary/aromatic N) is 1. The van der Waals surface area contributed by atoms with Crippen molar-refractivity contribution in [2.75, 3.05) is 5.73 Å². The maximum Gasteiger partial charge on any atom is 0.135 e. The molecule has 2 aromatic rings. The molecule has 0 saturated heterocycles. The van der Waals surface area contributed by atoms with Crippen molar-refractivity contribution in [2.24, 2.45) is 0 Å². The van der Waals surface area contributed by atoms with Gasteiger partial charge in [0.15, 0.2) is 0 Å². The van der Waals surface area contributed by atoms with Crippen LogP contribution in [0.4, 0.5) is 5.69 Å². The Labute approximate surface area is 67.2 Å². The monoisotopic (exact) mass is 166 g/mol. The maximum absolute atomic E-state index is 9.30. The quantitative estimate of drug-likeness (QED) is 0.461. The summed E-state index contributed by atoms with van der Waals surface area (Å²) in [4.78, 5) is 0. The van der Waals surface area contributed by atoms with Gasteiger partial charge in [-0.25, -0.2) is 0 Å². The predicted octanol–water partition coefficient (Wildman–Crippen LogP) is 1.58. The van der Waals surface area contributed by atoms with Crippen LogP contribution in [0.1, 0.15) is 0 Å². The van der Waals surface area contributed by atoms with Crippen molar-refractivity contribution in [1.29, 1.82) is 0 Å². The Kier molecular flexibility index (Phi) is 1.22. The van der Waals surface area contributed by atoms with E-state index >= 15 is 0 Å². The molecule has 0 aliphatic rings. The molecular weight excluding hydrogens is 160 g/mol. The topological polar surface area (TPSA) is 59.1 Å². The van der Waals surface area contributed by atoms with E-state index in [1.807, 2.05) is 0 Å². The van der Waals surface area contributed by atoms with Crippen LogP contribution >= 0.6 is 11.5 Å². The van der Waals surface area contributed by atoms with E-state index in [2.05, 4.69) is 4.37 Å². The molecule has 0 bridgehead atoms. The van der Waals surface area contributed by atoms with Crippen LogP contribution in [0, 0.1) is 0 Å². The van der Waals surface area contributed by atoms with Gasteiger partial charge >= 0.3 is 0 Å². The number of nitrogens with two attached hydrogens (primary N) is 1. The molecule has 0 aliphatic carbocycles. The number of benzene rings is 1. The molecular formula is C7H6N2OS. The Morgan fingerprint density at radius 1 is 1.45 bits per heavy atom. The van der Waals surface area contributed by atoms with Gasteiger partial charge in [-0.2, -0.15) is 4.37 Å². The molecule has 0 radical (unpaired) electrons. The molecule has 0 fully saturated rings. The minimum atomic E-state index is 0.247. The number of aromatic nitrogens is 1. The third-order valence-corrected chi connectivity index (χ3v) is 2.36. The van der Waals surface area contributed by atoms with E-state index in [0.717, 1.165) is 10.1 Å². The molecule has 4 heteroatoms. The van der Waals surface area contributed by atoms with Gasteiger partial charge < -0.3 is 10.8 Å². The lowest BCUT2D eigenvalue weighted by atomic mass is 10.2. The third kappa shape index (κ3) is 0.832. The first kappa shape index (κ1) is 6.42. The normalized spacial score (nSPS) is 10.5. The summed E-state index contributed by atoms with van der Waals surface area (Å²) in [6.45, 7) is 0. The Bertz CT molecular complexity index is 360. The maximum atomic E-state index is 9.30. The van der Waals surface area contributed by atoms with Crippen LogP contribution in [0.15, 0.2) is 18.3 Å². The minimum absolute atomic E-state index is 0.247. The number of hydrogen-bond acceptors (Lipinski definition) is 4. The van der Waals surface area contributed by atoms with Gasteiger partial charge in [-0.15, -0.1) is 0 Å². The van der Waals surface area contributed by atoms with Gasteiger partial charge in [0, 0.05) is 11.1 Å². The average Bonchev–Trinajstić information content (AvgIpc) is 2.45. The second-order valence-corrected chi connectivity index (χ2v) is 3.04. The largest absolute Gasteiger partial charge is 0.506 e. The number of aromatic hydroxyl groups is 1. The van der Waals surface area contributed by atoms with Crippen LogP contribution in [-0.2, 0) is 0 Å². The first-order valence-electron chi connectivity index (χ1n) is 3.11. The van der Waals surface area contributed by atoms with Crippen molar-refractivity contribution in [2.45, 2.75) is 0 Å². The Hall–Kier alpha value is -1.29. The molecule has 56 valence electrons. The number of rotatable bonds is 0. The molecule has 0 amide bonds. The van der Waals surface area contributed by atoms with Crippen molar-refractivity contribution in [3.05, 3.63) is 18.3 Å². The highest BCUT2D eigenvalue weighted by Gasteiger charge is 2.03. The van der Waals surface area contributed by atoms with Crippen LogP contribution in [-0.4, -0.2) is 9.48 Å². The van der Waals surface area contributed by atoms with Gasteiger partial charge in [0.1, 0.15) is 5.75 Å². The van der Waals surface area contributed by atoms with Crippen molar-refractivity contribution in [3.8, 4) is 5.75 Å². The molecule has 0 saturated carbocycles. The first-order chi connectivity index (χ1) is 5.29. The second-order valence-electron chi connectivity index (χ2n) is 2.24. The first-order valence-corrected chi connectivity index (χ1v) is 3.88. The van der Waals surface area contributed by atoms with E-state index in [-0.39, 0.29) is 5.75 Å². The van der Waals surface area contributed by atoms with Crippen molar-refractivity contribution in [3.63, 3.8) is 0 Å². The molecule has 11 heavy (non-hydrogen) atoms. The number of hydrogen-bond donors (Lipinski definition) is 2. The summed E-state index contributed by atoms with van der Waals surface area (Å²) >= 11 is 1.25. The number of phenolic OH excluding ortho intramolecular Hbond substituents is 1. The summed E-state index contributed by atoms with van der Waals surface area (Å²) in [5, 5.41) is 10.1. The van der Waals surface area contributed by atoms with Crippen LogP contribution in [0.3, 0.4) is 0 Å². The van der Waals surface area contributed by atoms with Gasteiger partial charge in [0.05, 0.1) is 10.9 Å². The molecule has 1 aromatic heterocycles. The summed E-state index contributed by atoms with van der Waals surface area (Å²) in [6, 6.07) is 3.25. The van der Waals surface area contributed by atoms with Gasteiger partial charge in [0.25, 0.3) is 0 Å². The van der Waals surface area contributed by atoms with Crippen molar-refractivity contribution >= 4 is 27.3 Å². The molecule has 0 aliphatic heterocycles. The van der Waals surface area contributed by atoms with Crippen LogP contribution in [0.5, 0.6) is 5.75 Å². The number of phenols is 1. The van der Waals surface area contributed by atoms with E-state index in [1.54, 1.807) is 18.3 Å². The van der Waals surface area contributed by atoms with Crippen LogP contribution in [0.25, 0.3) is 10.1 Å². The summed E-state index contributed by atoms with van der Waals surface area (Å²) in [7, 11) is 0. The Morgan fingerprint density at radius 2 is 2.27 bits per heavy atom. The average molecular weight is 166 g/mol. The summed E-state index contributed by atoms with van der Waals surface area (Å²) in [6.07, 6.45) is 1.66. The highest BCUT2D eigenvalue weighted by molar-refractivity contribution is 7.13. The molecule has 0 spiro atoms. The SMILES string of the molecule is Nc1ccc(O)c2sncc12. The smallest absolute Gasteiger partial charge is 0.135 e. The zero-order chi connectivity index (χ0) is 7.84. The molecule has 0 atom stereocenters. The van der Waals surface area contributed by atoms with E-state index in [0.29, 0.717) is 5.69 Å². The molecule has 1 aromatic carbocycles. The van der Waals surface area contributed by atoms with Gasteiger partial charge in [-0.05, 0) is 23.7 Å². The molecule has 3 N–H and O–H groups in total. The van der Waals surface area contributed by atoms with Gasteiger partial charge in [-0.3, -0.25) is 0 Å². The van der Waals surface area contributed by atoms with E-state index in [1.165, 1.54) is 11.5 Å². The molecule has 3 nitrogen and oxygen atoms in total. The van der Waals surface area contributed by atoms with E-state index in [4.69, 9.17) is 5.73 Å². The number of anilines is 1. The fraction of sp³-hybridized carbons (Fsp3) is 0. The second kappa shape index (κ2) is 2.10. The molecule has 2 rings (SSSR count). The van der Waals surface area contributed by atoms with E-state index in [9.17, 15) is 5.11 Å². The zero-order valence-corrected chi connectivity index (χ0v) is 6.43. The summed E-state index contributed by atoms with van der Waals surface area (Å²) < 4.78 is 4.68. The lowest BCUT2D eigenvalue weighted by Crippen LogP contribution is -1.83. The lowest BCUT2D eigenvalue weighted by molar-refractivity contribution is 0.482. The molecule has 1 heterocycles. The standard InChI is InChI=1S/C7H6N2OS/c8-5-1-2-6(10)7-4(5)3-9-11-7/h1-3,10H,8H2. The fourth-order valence-corrected chi connectivity index (χ4v) is 1.66. The molecule has 0 unspecified atom stereocenters. The summed E-state index contributed by atoms with van der Waals surface area (Å²) in [5.41, 5.74) is 6.28. The van der Waals surface area contributed by atoms with Crippen LogP contribution in [0.2, 0.25) is 0 Å². The highest BCUT2D eigenvalue weighted by atomic mass is 32.1. The van der Waals surface area contributed by atoms with Crippen molar-refractivity contribution in [1.82, 2.24) is 4.37 Å². The van der Waals surface area contributed by atoms with Gasteiger partial charge in [0.2, 0.25) is 0 Å². The van der Waals surface area contributed by atoms with Crippen LogP contribution < -0.4 is 5.73 Å². The van der Waals surface area contributed by atoms with Crippen molar-refractivity contribution < 1.29 is 5.11 Å². The zero-order valence-electron chi connectivity index (χ0n) is 5.61. The number of nitrogen functional groups attached to an aromatic ring is 1. The predicted molar refractivity (Wildman–Crippen MR) is 45.7 cm³/mol. The summed E-state index contributed by atoms with van der Waals surface area (Å²) in [5.74, 6) is 0.247. The highest BCUT2D eigenvalue weighted by Crippen LogP contribution is 2.31. The van der Waals surface area contributed by atoms with Gasteiger partial charge in [-0.1, -0.05) is 0 Å². The van der Waals surface area contributed by atoms with E-state index < -0.39 is 0 Å². The Morgan fingerprint density at radius 3 is 3.00 bits per heavy atom. The number of fused-ring (bicyclic) bond motifs is 1. The lowest BCUT2D eigenvalue weighted by Gasteiger charge is -1.95. The Balaban J connectivity index is 2.96. The fourth-order valence-electron chi connectivity index (χ4n) is 0.964. The third-order valence-electron chi connectivity index (χ3n) is 1.53.